The van der Waals surface area contributed by atoms with Crippen LogP contribution >= 0.6 is 0 Å². The highest BCUT2D eigenvalue weighted by molar-refractivity contribution is 5.76. The van der Waals surface area contributed by atoms with Crippen molar-refractivity contribution in [3.05, 3.63) is 18.5 Å². The lowest BCUT2D eigenvalue weighted by atomic mass is 9.84. The van der Waals surface area contributed by atoms with Gasteiger partial charge in [0.2, 0.25) is 11.9 Å². The van der Waals surface area contributed by atoms with Gasteiger partial charge in [-0.3, -0.25) is 4.79 Å². The second-order valence-electron chi connectivity index (χ2n) is 7.17. The summed E-state index contributed by atoms with van der Waals surface area (Å²) in [6.45, 7) is 6.16. The van der Waals surface area contributed by atoms with Crippen molar-refractivity contribution in [2.75, 3.05) is 31.1 Å². The van der Waals surface area contributed by atoms with Crippen LogP contribution in [0.25, 0.3) is 0 Å². The van der Waals surface area contributed by atoms with Gasteiger partial charge in [0, 0.05) is 37.9 Å². The number of carbonyl (C=O) groups is 1. The first-order chi connectivity index (χ1) is 11.7. The Labute approximate surface area is 144 Å². The first kappa shape index (κ1) is 17.1. The second-order valence-corrected chi connectivity index (χ2v) is 7.17. The largest absolute Gasteiger partial charge is 0.352 e. The quantitative estimate of drug-likeness (QED) is 0.857. The molecule has 2 fully saturated rings. The Morgan fingerprint density at radius 3 is 2.83 bits per heavy atom. The fraction of sp³-hybridized carbons (Fsp3) is 0.722. The van der Waals surface area contributed by atoms with Crippen molar-refractivity contribution in [3.63, 3.8) is 0 Å². The average Bonchev–Trinajstić information content (AvgIpc) is 2.63. The third-order valence-electron chi connectivity index (χ3n) is 5.32. The van der Waals surface area contributed by atoms with Gasteiger partial charge in [-0.2, -0.15) is 0 Å². The smallest absolute Gasteiger partial charge is 0.225 e. The molecule has 0 aromatic carbocycles. The Morgan fingerprint density at radius 1 is 1.33 bits per heavy atom. The van der Waals surface area contributed by atoms with E-state index >= 15 is 0 Å². The maximum absolute atomic E-state index is 12.4. The van der Waals surface area contributed by atoms with Crippen molar-refractivity contribution >= 4 is 11.9 Å². The summed E-state index contributed by atoms with van der Waals surface area (Å²) in [5.74, 6) is 2.10. The summed E-state index contributed by atoms with van der Waals surface area (Å²) in [5, 5.41) is 6.63. The first-order valence-electron chi connectivity index (χ1n) is 9.24. The van der Waals surface area contributed by atoms with Crippen molar-refractivity contribution in [1.82, 2.24) is 20.6 Å². The number of nitrogens with zero attached hydrogens (tertiary/aromatic N) is 3. The molecule has 0 radical (unpaired) electrons. The molecule has 3 rings (SSSR count). The number of anilines is 1. The van der Waals surface area contributed by atoms with Gasteiger partial charge in [-0.1, -0.05) is 6.92 Å². The number of hydrogen-bond acceptors (Lipinski definition) is 5. The molecular weight excluding hydrogens is 302 g/mol. The molecule has 2 aliphatic heterocycles. The van der Waals surface area contributed by atoms with Crippen LogP contribution in [0.1, 0.15) is 39.0 Å². The van der Waals surface area contributed by atoms with Gasteiger partial charge in [0.05, 0.1) is 0 Å². The molecule has 0 aliphatic carbocycles. The van der Waals surface area contributed by atoms with E-state index in [9.17, 15) is 4.79 Å². The summed E-state index contributed by atoms with van der Waals surface area (Å²) in [6.07, 6.45) is 8.66. The van der Waals surface area contributed by atoms with Crippen LogP contribution in [-0.2, 0) is 4.79 Å². The summed E-state index contributed by atoms with van der Waals surface area (Å²) >= 11 is 0. The predicted molar refractivity (Wildman–Crippen MR) is 94.8 cm³/mol. The number of piperidine rings is 2. The van der Waals surface area contributed by atoms with E-state index in [1.807, 2.05) is 6.07 Å². The van der Waals surface area contributed by atoms with Crippen LogP contribution in [0, 0.1) is 11.8 Å². The number of aromatic nitrogens is 2. The lowest BCUT2D eigenvalue weighted by Gasteiger charge is -2.33. The number of rotatable bonds is 5. The van der Waals surface area contributed by atoms with Crippen LogP contribution in [-0.4, -0.2) is 48.1 Å². The van der Waals surface area contributed by atoms with Gasteiger partial charge in [-0.25, -0.2) is 9.97 Å². The van der Waals surface area contributed by atoms with E-state index in [2.05, 4.69) is 32.4 Å². The van der Waals surface area contributed by atoms with E-state index in [0.717, 1.165) is 45.0 Å². The van der Waals surface area contributed by atoms with Crippen molar-refractivity contribution in [2.45, 2.75) is 45.1 Å². The van der Waals surface area contributed by atoms with E-state index in [1.54, 1.807) is 12.4 Å². The number of amides is 1. The molecule has 0 bridgehead atoms. The molecule has 6 nitrogen and oxygen atoms in total. The zero-order valence-electron chi connectivity index (χ0n) is 14.6. The molecular formula is C18H29N5O. The number of nitrogens with one attached hydrogen (secondary N) is 2. The highest BCUT2D eigenvalue weighted by Crippen LogP contribution is 2.24. The molecule has 0 saturated carbocycles. The first-order valence-corrected chi connectivity index (χ1v) is 9.24. The molecule has 2 saturated heterocycles. The predicted octanol–water partition coefficient (Wildman–Crippen LogP) is 1.59. The Kier molecular flexibility index (Phi) is 6.01. The molecule has 2 unspecified atom stereocenters. The van der Waals surface area contributed by atoms with Gasteiger partial charge in [-0.15, -0.1) is 0 Å². The van der Waals surface area contributed by atoms with Crippen LogP contribution in [0.2, 0.25) is 0 Å². The van der Waals surface area contributed by atoms with Gasteiger partial charge in [0.15, 0.2) is 0 Å². The minimum atomic E-state index is 0.196. The summed E-state index contributed by atoms with van der Waals surface area (Å²) in [5.41, 5.74) is 0. The Balaban J connectivity index is 1.47. The van der Waals surface area contributed by atoms with E-state index in [-0.39, 0.29) is 11.9 Å². The van der Waals surface area contributed by atoms with E-state index < -0.39 is 0 Å². The van der Waals surface area contributed by atoms with Crippen LogP contribution in [0.15, 0.2) is 18.5 Å². The molecule has 3 heterocycles. The second kappa shape index (κ2) is 8.42. The molecule has 2 aliphatic rings. The fourth-order valence-electron chi connectivity index (χ4n) is 3.89. The zero-order chi connectivity index (χ0) is 16.8. The van der Waals surface area contributed by atoms with Crippen molar-refractivity contribution in [2.24, 2.45) is 11.8 Å². The van der Waals surface area contributed by atoms with E-state index in [4.69, 9.17) is 0 Å². The van der Waals surface area contributed by atoms with Crippen LogP contribution in [0.3, 0.4) is 0 Å². The van der Waals surface area contributed by atoms with E-state index in [1.165, 1.54) is 12.8 Å². The van der Waals surface area contributed by atoms with Crippen molar-refractivity contribution in [1.29, 1.82) is 0 Å². The third-order valence-corrected chi connectivity index (χ3v) is 5.32. The van der Waals surface area contributed by atoms with Crippen LogP contribution < -0.4 is 15.5 Å². The van der Waals surface area contributed by atoms with Crippen molar-refractivity contribution < 1.29 is 4.79 Å². The minimum absolute atomic E-state index is 0.196. The van der Waals surface area contributed by atoms with Gasteiger partial charge in [0.1, 0.15) is 0 Å². The third kappa shape index (κ3) is 4.66. The maximum atomic E-state index is 12.4. The van der Waals surface area contributed by atoms with Gasteiger partial charge in [0.25, 0.3) is 0 Å². The average molecular weight is 331 g/mol. The Hall–Kier alpha value is -1.69. The van der Waals surface area contributed by atoms with Gasteiger partial charge < -0.3 is 15.5 Å². The molecule has 1 amide bonds. The highest BCUT2D eigenvalue weighted by Gasteiger charge is 2.25. The van der Waals surface area contributed by atoms with Crippen LogP contribution in [0.5, 0.6) is 0 Å². The lowest BCUT2D eigenvalue weighted by Crippen LogP contribution is -2.48. The molecule has 2 N–H and O–H groups in total. The molecule has 0 spiro atoms. The minimum Gasteiger partial charge on any atom is -0.352 e. The molecule has 1 aromatic rings. The normalized spacial score (nSPS) is 23.7. The SMILES string of the molecule is CC(CC(=O)NC1CCCN(c2ncccn2)C1)C1CCNCC1. The van der Waals surface area contributed by atoms with Gasteiger partial charge >= 0.3 is 0 Å². The summed E-state index contributed by atoms with van der Waals surface area (Å²) in [4.78, 5) is 23.2. The lowest BCUT2D eigenvalue weighted by molar-refractivity contribution is -0.123. The molecule has 2 atom stereocenters. The highest BCUT2D eigenvalue weighted by atomic mass is 16.1. The molecule has 24 heavy (non-hydrogen) atoms. The number of carbonyl (C=O) groups excluding carboxylic acids is 1. The Bertz CT molecular complexity index is 517. The van der Waals surface area contributed by atoms with Crippen LogP contribution in [0.4, 0.5) is 5.95 Å². The zero-order valence-corrected chi connectivity index (χ0v) is 14.6. The monoisotopic (exact) mass is 331 g/mol. The van der Waals surface area contributed by atoms with E-state index in [0.29, 0.717) is 18.3 Å². The molecule has 132 valence electrons. The standard InChI is InChI=1S/C18H29N5O/c1-14(15-5-9-19-10-6-15)12-17(24)22-16-4-2-11-23(13-16)18-20-7-3-8-21-18/h3,7-8,14-16,19H,2,4-6,9-13H2,1H3,(H,22,24). The number of hydrogen-bond donors (Lipinski definition) is 2. The Morgan fingerprint density at radius 2 is 2.08 bits per heavy atom. The maximum Gasteiger partial charge on any atom is 0.225 e. The molecule has 1 aromatic heterocycles. The summed E-state index contributed by atoms with van der Waals surface area (Å²) in [6, 6.07) is 2.03. The summed E-state index contributed by atoms with van der Waals surface area (Å²) < 4.78 is 0. The van der Waals surface area contributed by atoms with Crippen molar-refractivity contribution in [3.8, 4) is 0 Å². The topological polar surface area (TPSA) is 70.2 Å². The molecule has 6 heteroatoms. The fourth-order valence-corrected chi connectivity index (χ4v) is 3.89. The summed E-state index contributed by atoms with van der Waals surface area (Å²) in [7, 11) is 0. The van der Waals surface area contributed by atoms with Gasteiger partial charge in [-0.05, 0) is 56.7 Å².